The van der Waals surface area contributed by atoms with E-state index in [1.165, 1.54) is 18.9 Å². The molecule has 5 nitrogen and oxygen atoms in total. The van der Waals surface area contributed by atoms with Gasteiger partial charge in [-0.05, 0) is 42.1 Å². The van der Waals surface area contributed by atoms with Gasteiger partial charge in [-0.2, -0.15) is 0 Å². The summed E-state index contributed by atoms with van der Waals surface area (Å²) in [5.74, 6) is 0.186. The van der Waals surface area contributed by atoms with Crippen molar-refractivity contribution >= 4 is 57.8 Å². The van der Waals surface area contributed by atoms with Crippen LogP contribution >= 0.6 is 35.0 Å². The lowest BCUT2D eigenvalue weighted by atomic mass is 10.2. The first-order valence-corrected chi connectivity index (χ1v) is 8.38. The molecule has 2 heterocycles. The van der Waals surface area contributed by atoms with Gasteiger partial charge in [0, 0.05) is 11.8 Å². The Bertz CT molecular complexity index is 848. The van der Waals surface area contributed by atoms with E-state index >= 15 is 0 Å². The van der Waals surface area contributed by atoms with Crippen molar-refractivity contribution in [3.63, 3.8) is 0 Å². The molecule has 8 heteroatoms. The summed E-state index contributed by atoms with van der Waals surface area (Å²) in [5.41, 5.74) is 1.12. The minimum absolute atomic E-state index is 0.257. The first-order valence-electron chi connectivity index (χ1n) is 6.81. The SMILES string of the molecule is COc1ncccc1/C=C1/SC(=Nc2c(Cl)cccc2Cl)NC1=O. The standard InChI is InChI=1S/C16H11Cl2N3O2S/c1-23-15-9(4-3-7-19-15)8-12-14(22)21-16(24-12)20-13-10(17)5-2-6-11(13)18/h2-8H,1H3,(H,20,21,22)/b12-8+. The van der Waals surface area contributed by atoms with Gasteiger partial charge in [-0.25, -0.2) is 9.98 Å². The number of benzene rings is 1. The van der Waals surface area contributed by atoms with Gasteiger partial charge in [0.2, 0.25) is 5.88 Å². The van der Waals surface area contributed by atoms with Crippen molar-refractivity contribution in [1.82, 2.24) is 10.3 Å². The maximum absolute atomic E-state index is 12.1. The number of carbonyl (C=O) groups is 1. The van der Waals surface area contributed by atoms with E-state index in [9.17, 15) is 4.79 Å². The van der Waals surface area contributed by atoms with Crippen LogP contribution in [0.2, 0.25) is 10.0 Å². The molecule has 1 saturated heterocycles. The number of aliphatic imine (C=N–C) groups is 1. The van der Waals surface area contributed by atoms with Crippen LogP contribution < -0.4 is 10.1 Å². The average Bonchev–Trinajstić information content (AvgIpc) is 2.91. The summed E-state index contributed by atoms with van der Waals surface area (Å²) in [4.78, 5) is 21.1. The molecule has 1 amide bonds. The second-order valence-corrected chi connectivity index (χ2v) is 6.50. The molecule has 0 atom stereocenters. The topological polar surface area (TPSA) is 63.6 Å². The molecule has 24 heavy (non-hydrogen) atoms. The van der Waals surface area contributed by atoms with Gasteiger partial charge in [0.1, 0.15) is 5.69 Å². The fourth-order valence-corrected chi connectivity index (χ4v) is 3.30. The highest BCUT2D eigenvalue weighted by Gasteiger charge is 2.25. The van der Waals surface area contributed by atoms with Crippen LogP contribution in [0.1, 0.15) is 5.56 Å². The highest BCUT2D eigenvalue weighted by Crippen LogP contribution is 2.36. The zero-order valence-corrected chi connectivity index (χ0v) is 14.7. The molecule has 0 unspecified atom stereocenters. The van der Waals surface area contributed by atoms with Gasteiger partial charge in [0.15, 0.2) is 5.17 Å². The fourth-order valence-electron chi connectivity index (χ4n) is 2.00. The number of amidine groups is 1. The van der Waals surface area contributed by atoms with Crippen molar-refractivity contribution in [2.75, 3.05) is 7.11 Å². The highest BCUT2D eigenvalue weighted by atomic mass is 35.5. The lowest BCUT2D eigenvalue weighted by Crippen LogP contribution is -2.19. The van der Waals surface area contributed by atoms with Crippen LogP contribution in [0.25, 0.3) is 6.08 Å². The third kappa shape index (κ3) is 3.56. The van der Waals surface area contributed by atoms with Crippen LogP contribution in [-0.4, -0.2) is 23.2 Å². The number of amides is 1. The predicted octanol–water partition coefficient (Wildman–Crippen LogP) is 4.29. The number of thioether (sulfide) groups is 1. The molecule has 1 aromatic carbocycles. The molecule has 0 radical (unpaired) electrons. The second kappa shape index (κ2) is 7.25. The molecule has 1 fully saturated rings. The van der Waals surface area contributed by atoms with Crippen molar-refractivity contribution < 1.29 is 9.53 Å². The summed E-state index contributed by atoms with van der Waals surface area (Å²) in [6.07, 6.45) is 3.32. The Balaban J connectivity index is 1.91. The van der Waals surface area contributed by atoms with Gasteiger partial charge in [-0.1, -0.05) is 29.3 Å². The number of hydrogen-bond donors (Lipinski definition) is 1. The minimum Gasteiger partial charge on any atom is -0.481 e. The maximum Gasteiger partial charge on any atom is 0.264 e. The first kappa shape index (κ1) is 16.8. The van der Waals surface area contributed by atoms with Crippen LogP contribution in [0.5, 0.6) is 5.88 Å². The largest absolute Gasteiger partial charge is 0.481 e. The zero-order valence-electron chi connectivity index (χ0n) is 12.4. The summed E-state index contributed by atoms with van der Waals surface area (Å²) in [6, 6.07) is 8.68. The fraction of sp³-hybridized carbons (Fsp3) is 0.0625. The summed E-state index contributed by atoms with van der Waals surface area (Å²) in [7, 11) is 1.53. The summed E-state index contributed by atoms with van der Waals surface area (Å²) >= 11 is 13.4. The number of aromatic nitrogens is 1. The normalized spacial score (nSPS) is 17.4. The van der Waals surface area contributed by atoms with Crippen molar-refractivity contribution in [3.8, 4) is 5.88 Å². The van der Waals surface area contributed by atoms with Gasteiger partial charge in [0.05, 0.1) is 22.1 Å². The first-order chi connectivity index (χ1) is 11.6. The van der Waals surface area contributed by atoms with Crippen LogP contribution in [0.4, 0.5) is 5.69 Å². The molecule has 1 N–H and O–H groups in total. The summed E-state index contributed by atoms with van der Waals surface area (Å²) in [6.45, 7) is 0. The summed E-state index contributed by atoms with van der Waals surface area (Å²) in [5, 5.41) is 3.92. The zero-order chi connectivity index (χ0) is 17.1. The number of rotatable bonds is 3. The van der Waals surface area contributed by atoms with Gasteiger partial charge in [-0.3, -0.25) is 4.79 Å². The lowest BCUT2D eigenvalue weighted by molar-refractivity contribution is -0.115. The van der Waals surface area contributed by atoms with E-state index in [1.54, 1.807) is 36.5 Å². The molecular weight excluding hydrogens is 369 g/mol. The van der Waals surface area contributed by atoms with E-state index in [0.29, 0.717) is 37.2 Å². The number of pyridine rings is 1. The molecule has 3 rings (SSSR count). The van der Waals surface area contributed by atoms with Crippen molar-refractivity contribution in [3.05, 3.63) is 57.0 Å². The predicted molar refractivity (Wildman–Crippen MR) is 98.1 cm³/mol. The smallest absolute Gasteiger partial charge is 0.264 e. The van der Waals surface area contributed by atoms with Gasteiger partial charge < -0.3 is 10.1 Å². The molecular formula is C16H11Cl2N3O2S. The molecule has 0 bridgehead atoms. The Hall–Kier alpha value is -2.02. The lowest BCUT2D eigenvalue weighted by Gasteiger charge is -2.02. The van der Waals surface area contributed by atoms with Gasteiger partial charge >= 0.3 is 0 Å². The Labute approximate surface area is 152 Å². The number of methoxy groups -OCH3 is 1. The maximum atomic E-state index is 12.1. The molecule has 122 valence electrons. The number of halogens is 2. The number of hydrogen-bond acceptors (Lipinski definition) is 5. The van der Waals surface area contributed by atoms with E-state index in [4.69, 9.17) is 27.9 Å². The minimum atomic E-state index is -0.257. The number of ether oxygens (including phenoxy) is 1. The quantitative estimate of drug-likeness (QED) is 0.807. The van der Waals surface area contributed by atoms with Gasteiger partial charge in [0.25, 0.3) is 5.91 Å². The second-order valence-electron chi connectivity index (χ2n) is 4.65. The van der Waals surface area contributed by atoms with Crippen LogP contribution in [0.3, 0.4) is 0 Å². The monoisotopic (exact) mass is 379 g/mol. The third-order valence-electron chi connectivity index (χ3n) is 3.08. The van der Waals surface area contributed by atoms with Crippen molar-refractivity contribution in [2.45, 2.75) is 0 Å². The van der Waals surface area contributed by atoms with Crippen LogP contribution in [0, 0.1) is 0 Å². The summed E-state index contributed by atoms with van der Waals surface area (Å²) < 4.78 is 5.18. The molecule has 0 aliphatic carbocycles. The van der Waals surface area contributed by atoms with Crippen molar-refractivity contribution in [2.24, 2.45) is 4.99 Å². The Morgan fingerprint density at radius 2 is 2.00 bits per heavy atom. The Morgan fingerprint density at radius 3 is 2.71 bits per heavy atom. The van der Waals surface area contributed by atoms with Crippen LogP contribution in [0.15, 0.2) is 46.4 Å². The molecule has 1 aliphatic rings. The third-order valence-corrected chi connectivity index (χ3v) is 4.60. The Morgan fingerprint density at radius 1 is 1.25 bits per heavy atom. The highest BCUT2D eigenvalue weighted by molar-refractivity contribution is 8.18. The van der Waals surface area contributed by atoms with E-state index < -0.39 is 0 Å². The van der Waals surface area contributed by atoms with E-state index in [2.05, 4.69) is 15.3 Å². The molecule has 0 saturated carbocycles. The molecule has 2 aromatic rings. The molecule has 0 spiro atoms. The Kier molecular flexibility index (Phi) is 5.08. The number of carbonyl (C=O) groups excluding carboxylic acids is 1. The number of para-hydroxylation sites is 1. The van der Waals surface area contributed by atoms with Gasteiger partial charge in [-0.15, -0.1) is 0 Å². The van der Waals surface area contributed by atoms with E-state index in [0.717, 1.165) is 0 Å². The van der Waals surface area contributed by atoms with E-state index in [1.807, 2.05) is 6.07 Å². The molecule has 1 aliphatic heterocycles. The number of nitrogens with zero attached hydrogens (tertiary/aromatic N) is 2. The van der Waals surface area contributed by atoms with E-state index in [-0.39, 0.29) is 5.91 Å². The van der Waals surface area contributed by atoms with Crippen molar-refractivity contribution in [1.29, 1.82) is 0 Å². The number of nitrogens with one attached hydrogen (secondary N) is 1. The van der Waals surface area contributed by atoms with Crippen LogP contribution in [-0.2, 0) is 4.79 Å². The molecule has 1 aromatic heterocycles. The average molecular weight is 380 g/mol.